The van der Waals surface area contributed by atoms with Crippen molar-refractivity contribution in [2.24, 2.45) is 5.73 Å². The minimum Gasteiger partial charge on any atom is -0.436 e. The summed E-state index contributed by atoms with van der Waals surface area (Å²) in [6, 6.07) is 16.8. The maximum absolute atomic E-state index is 11.0. The maximum atomic E-state index is 11.0. The number of aromatic nitrogens is 1. The van der Waals surface area contributed by atoms with Crippen molar-refractivity contribution in [2.75, 3.05) is 0 Å². The minimum absolute atomic E-state index is 0.463. The SMILES string of the molecule is NC(=O)/C=C/c1oc(-c2ccccc2)nc1-c1ccc(Cl)cc1. The Morgan fingerprint density at radius 1 is 1.04 bits per heavy atom. The predicted octanol–water partition coefficient (Wildman–Crippen LogP) is 4.16. The number of rotatable bonds is 4. The number of primary amides is 1. The van der Waals surface area contributed by atoms with Crippen molar-refractivity contribution in [2.45, 2.75) is 0 Å². The number of benzene rings is 2. The molecule has 5 heteroatoms. The summed E-state index contributed by atoms with van der Waals surface area (Å²) in [6.45, 7) is 0. The normalized spacial score (nSPS) is 11.0. The standard InChI is InChI=1S/C18H13ClN2O2/c19-14-8-6-12(7-9-14)17-15(10-11-16(20)22)23-18(21-17)13-4-2-1-3-5-13/h1-11H,(H2,20,22)/b11-10+. The Balaban J connectivity index is 2.10. The second-order valence-electron chi connectivity index (χ2n) is 4.84. The molecular formula is C18H13ClN2O2. The third-order valence-electron chi connectivity index (χ3n) is 3.19. The zero-order valence-corrected chi connectivity index (χ0v) is 12.8. The third kappa shape index (κ3) is 3.49. The molecule has 0 aliphatic rings. The fraction of sp³-hybridized carbons (Fsp3) is 0. The second kappa shape index (κ2) is 6.50. The second-order valence-corrected chi connectivity index (χ2v) is 5.28. The van der Waals surface area contributed by atoms with Crippen LogP contribution in [0.25, 0.3) is 28.8 Å². The van der Waals surface area contributed by atoms with Crippen molar-refractivity contribution < 1.29 is 9.21 Å². The number of hydrogen-bond donors (Lipinski definition) is 1. The Morgan fingerprint density at radius 2 is 1.74 bits per heavy atom. The van der Waals surface area contributed by atoms with Crippen LogP contribution in [0.4, 0.5) is 0 Å². The Hall–Kier alpha value is -2.85. The van der Waals surface area contributed by atoms with Gasteiger partial charge in [-0.3, -0.25) is 4.79 Å². The molecule has 0 aliphatic heterocycles. The van der Waals surface area contributed by atoms with Crippen LogP contribution in [0.2, 0.25) is 5.02 Å². The summed E-state index contributed by atoms with van der Waals surface area (Å²) in [7, 11) is 0. The molecule has 1 heterocycles. The van der Waals surface area contributed by atoms with E-state index >= 15 is 0 Å². The van der Waals surface area contributed by atoms with Crippen LogP contribution in [0.1, 0.15) is 5.76 Å². The van der Waals surface area contributed by atoms with Crippen LogP contribution in [0.3, 0.4) is 0 Å². The number of nitrogens with zero attached hydrogens (tertiary/aromatic N) is 1. The Bertz CT molecular complexity index is 852. The highest BCUT2D eigenvalue weighted by Crippen LogP contribution is 2.30. The van der Waals surface area contributed by atoms with Crippen LogP contribution in [-0.2, 0) is 4.79 Å². The van der Waals surface area contributed by atoms with E-state index in [4.69, 9.17) is 21.8 Å². The molecule has 0 atom stereocenters. The summed E-state index contributed by atoms with van der Waals surface area (Å²) in [4.78, 5) is 15.5. The number of hydrogen-bond acceptors (Lipinski definition) is 3. The first-order chi connectivity index (χ1) is 11.1. The summed E-state index contributed by atoms with van der Waals surface area (Å²) in [6.07, 6.45) is 2.76. The van der Waals surface area contributed by atoms with Crippen molar-refractivity contribution in [1.29, 1.82) is 0 Å². The highest BCUT2D eigenvalue weighted by Gasteiger charge is 2.14. The Morgan fingerprint density at radius 3 is 2.39 bits per heavy atom. The van der Waals surface area contributed by atoms with Crippen molar-refractivity contribution in [1.82, 2.24) is 4.98 Å². The number of amides is 1. The molecule has 0 bridgehead atoms. The van der Waals surface area contributed by atoms with E-state index < -0.39 is 5.91 Å². The summed E-state index contributed by atoms with van der Waals surface area (Å²) < 4.78 is 5.80. The van der Waals surface area contributed by atoms with E-state index in [0.29, 0.717) is 22.4 Å². The molecule has 1 aromatic heterocycles. The van der Waals surface area contributed by atoms with Crippen molar-refractivity contribution in [3.8, 4) is 22.7 Å². The number of carbonyl (C=O) groups is 1. The molecule has 114 valence electrons. The zero-order valence-electron chi connectivity index (χ0n) is 12.1. The van der Waals surface area contributed by atoms with Crippen molar-refractivity contribution in [3.05, 3.63) is 71.5 Å². The van der Waals surface area contributed by atoms with Gasteiger partial charge in [-0.05, 0) is 30.3 Å². The highest BCUT2D eigenvalue weighted by atomic mass is 35.5. The fourth-order valence-corrected chi connectivity index (χ4v) is 2.25. The summed E-state index contributed by atoms with van der Waals surface area (Å²) >= 11 is 5.92. The van der Waals surface area contributed by atoms with Crippen molar-refractivity contribution >= 4 is 23.6 Å². The largest absolute Gasteiger partial charge is 0.436 e. The van der Waals surface area contributed by atoms with Gasteiger partial charge in [-0.25, -0.2) is 4.98 Å². The molecule has 23 heavy (non-hydrogen) atoms. The van der Waals surface area contributed by atoms with Gasteiger partial charge < -0.3 is 10.2 Å². The average molecular weight is 325 g/mol. The average Bonchev–Trinajstić information content (AvgIpc) is 2.99. The first kappa shape index (κ1) is 15.1. The fourth-order valence-electron chi connectivity index (χ4n) is 2.12. The smallest absolute Gasteiger partial charge is 0.241 e. The van der Waals surface area contributed by atoms with E-state index in [1.165, 1.54) is 12.2 Å². The summed E-state index contributed by atoms with van der Waals surface area (Å²) in [5.74, 6) is 0.384. The number of oxazole rings is 1. The molecule has 0 saturated carbocycles. The van der Waals surface area contributed by atoms with Gasteiger partial charge in [0.2, 0.25) is 11.8 Å². The van der Waals surface area contributed by atoms with E-state index in [1.807, 2.05) is 42.5 Å². The number of halogens is 1. The minimum atomic E-state index is -0.551. The molecule has 3 rings (SSSR count). The van der Waals surface area contributed by atoms with E-state index in [1.54, 1.807) is 12.1 Å². The van der Waals surface area contributed by atoms with Gasteiger partial charge in [-0.15, -0.1) is 0 Å². The van der Waals surface area contributed by atoms with Gasteiger partial charge >= 0.3 is 0 Å². The van der Waals surface area contributed by atoms with E-state index in [-0.39, 0.29) is 0 Å². The van der Waals surface area contributed by atoms with Crippen molar-refractivity contribution in [3.63, 3.8) is 0 Å². The molecule has 0 unspecified atom stereocenters. The van der Waals surface area contributed by atoms with Gasteiger partial charge in [0.1, 0.15) is 5.69 Å². The predicted molar refractivity (Wildman–Crippen MR) is 90.6 cm³/mol. The quantitative estimate of drug-likeness (QED) is 0.732. The monoisotopic (exact) mass is 324 g/mol. The van der Waals surface area contributed by atoms with Gasteiger partial charge in [0.15, 0.2) is 5.76 Å². The van der Waals surface area contributed by atoms with Crippen LogP contribution in [0, 0.1) is 0 Å². The summed E-state index contributed by atoms with van der Waals surface area (Å²) in [5, 5.41) is 0.634. The van der Waals surface area contributed by atoms with Crippen LogP contribution in [0.5, 0.6) is 0 Å². The molecule has 4 nitrogen and oxygen atoms in total. The topological polar surface area (TPSA) is 69.1 Å². The Labute approximate surface area is 138 Å². The lowest BCUT2D eigenvalue weighted by Crippen LogP contribution is -2.05. The highest BCUT2D eigenvalue weighted by molar-refractivity contribution is 6.30. The molecule has 1 amide bonds. The van der Waals surface area contributed by atoms with Crippen LogP contribution in [-0.4, -0.2) is 10.9 Å². The molecular weight excluding hydrogens is 312 g/mol. The molecule has 0 aliphatic carbocycles. The van der Waals surface area contributed by atoms with Gasteiger partial charge in [0.05, 0.1) is 0 Å². The van der Waals surface area contributed by atoms with Gasteiger partial charge in [0, 0.05) is 22.2 Å². The molecule has 2 N–H and O–H groups in total. The van der Waals surface area contributed by atoms with Crippen LogP contribution >= 0.6 is 11.6 Å². The molecule has 0 radical (unpaired) electrons. The maximum Gasteiger partial charge on any atom is 0.241 e. The van der Waals surface area contributed by atoms with Gasteiger partial charge in [-0.1, -0.05) is 41.9 Å². The van der Waals surface area contributed by atoms with Gasteiger partial charge in [-0.2, -0.15) is 0 Å². The van der Waals surface area contributed by atoms with E-state index in [0.717, 1.165) is 11.1 Å². The lowest BCUT2D eigenvalue weighted by atomic mass is 10.1. The third-order valence-corrected chi connectivity index (χ3v) is 3.44. The molecule has 3 aromatic rings. The lowest BCUT2D eigenvalue weighted by Gasteiger charge is -1.97. The van der Waals surface area contributed by atoms with Crippen LogP contribution < -0.4 is 5.73 Å². The molecule has 0 fully saturated rings. The molecule has 0 spiro atoms. The molecule has 0 saturated heterocycles. The Kier molecular flexibility index (Phi) is 4.26. The van der Waals surface area contributed by atoms with Crippen LogP contribution in [0.15, 0.2) is 65.1 Å². The summed E-state index contributed by atoms with van der Waals surface area (Å²) in [5.41, 5.74) is 7.47. The van der Waals surface area contributed by atoms with Gasteiger partial charge in [0.25, 0.3) is 0 Å². The van der Waals surface area contributed by atoms with E-state index in [2.05, 4.69) is 4.98 Å². The first-order valence-electron chi connectivity index (χ1n) is 6.93. The lowest BCUT2D eigenvalue weighted by molar-refractivity contribution is -0.113. The van der Waals surface area contributed by atoms with E-state index in [9.17, 15) is 4.79 Å². The molecule has 2 aromatic carbocycles. The number of nitrogens with two attached hydrogens (primary N) is 1. The number of carbonyl (C=O) groups excluding carboxylic acids is 1. The first-order valence-corrected chi connectivity index (χ1v) is 7.31. The zero-order chi connectivity index (χ0) is 16.2.